The largest absolute Gasteiger partial charge is 0.455 e. The van der Waals surface area contributed by atoms with Crippen molar-refractivity contribution in [2.24, 2.45) is 0 Å². The lowest BCUT2D eigenvalue weighted by Crippen LogP contribution is -2.21. The Morgan fingerprint density at radius 1 is 1.33 bits per heavy atom. The molecular weight excluding hydrogens is 154 g/mol. The Morgan fingerprint density at radius 3 is 2.42 bits per heavy atom. The third kappa shape index (κ3) is 2.64. The summed E-state index contributed by atoms with van der Waals surface area (Å²) in [5.74, 6) is -0.200. The zero-order valence-electron chi connectivity index (χ0n) is 7.80. The van der Waals surface area contributed by atoms with Gasteiger partial charge in [-0.1, -0.05) is 0 Å². The molecule has 0 spiro atoms. The number of hydrogen-bond donors (Lipinski definition) is 0. The van der Waals surface area contributed by atoms with E-state index in [9.17, 15) is 4.79 Å². The molecule has 0 aromatic heterocycles. The van der Waals surface area contributed by atoms with E-state index in [4.69, 9.17) is 4.74 Å². The first-order valence-electron chi connectivity index (χ1n) is 4.41. The van der Waals surface area contributed by atoms with E-state index in [1.54, 1.807) is 0 Å². The van der Waals surface area contributed by atoms with E-state index in [0.717, 1.165) is 13.1 Å². The van der Waals surface area contributed by atoms with Crippen molar-refractivity contribution < 1.29 is 14.1 Å². The molecule has 0 unspecified atom stereocenters. The number of ether oxygens (including phenoxy) is 1. The van der Waals surface area contributed by atoms with Gasteiger partial charge >= 0.3 is 5.97 Å². The molecule has 1 fully saturated rings. The van der Waals surface area contributed by atoms with Crippen molar-refractivity contribution in [3.8, 4) is 0 Å². The average molecular weight is 170 g/mol. The highest BCUT2D eigenvalue weighted by Gasteiger charge is 2.16. The van der Waals surface area contributed by atoms with Crippen LogP contribution < -0.4 is 0 Å². The zero-order chi connectivity index (χ0) is 8.97. The summed E-state index contributed by atoms with van der Waals surface area (Å²) in [6.45, 7) is 6.15. The summed E-state index contributed by atoms with van der Waals surface area (Å²) in [7, 11) is 0. The van der Waals surface area contributed by atoms with Gasteiger partial charge in [0.25, 0.3) is 0 Å². The third-order valence-electron chi connectivity index (χ3n) is 2.13. The molecule has 0 bridgehead atoms. The van der Waals surface area contributed by atoms with Crippen molar-refractivity contribution in [3.05, 3.63) is 0 Å². The second-order valence-electron chi connectivity index (χ2n) is 3.21. The van der Waals surface area contributed by atoms with Crippen LogP contribution >= 0.6 is 0 Å². The smallest absolute Gasteiger partial charge is 0.303 e. The van der Waals surface area contributed by atoms with Crippen LogP contribution in [0.1, 0.15) is 26.7 Å². The Kier molecular flexibility index (Phi) is 3.26. The van der Waals surface area contributed by atoms with E-state index >= 15 is 0 Å². The molecule has 12 heavy (non-hydrogen) atoms. The standard InChI is InChI=1S/C9H16NO2/c1-8(7-12-9(2)11)10-5-3-4-6-10/h3-7H2,1-2H3/q+1. The summed E-state index contributed by atoms with van der Waals surface area (Å²) in [6.07, 6.45) is 2.52. The van der Waals surface area contributed by atoms with Gasteiger partial charge in [-0.3, -0.25) is 4.79 Å². The number of nitrogens with zero attached hydrogens (tertiary/aromatic N) is 1. The minimum absolute atomic E-state index is 0.200. The van der Waals surface area contributed by atoms with Gasteiger partial charge in [0.15, 0.2) is 12.3 Å². The normalized spacial score (nSPS) is 16.3. The van der Waals surface area contributed by atoms with Crippen molar-refractivity contribution in [1.29, 1.82) is 0 Å². The molecule has 1 aliphatic heterocycles. The molecule has 68 valence electrons. The number of carbonyl (C=O) groups excluding carboxylic acids is 1. The molecule has 0 atom stereocenters. The minimum Gasteiger partial charge on any atom is -0.455 e. The zero-order valence-corrected chi connectivity index (χ0v) is 7.80. The molecule has 0 amide bonds. The monoisotopic (exact) mass is 170 g/mol. The molecule has 1 rings (SSSR count). The van der Waals surface area contributed by atoms with Crippen molar-refractivity contribution >= 4 is 11.7 Å². The number of esters is 1. The fourth-order valence-electron chi connectivity index (χ4n) is 1.40. The first kappa shape index (κ1) is 9.23. The minimum atomic E-state index is -0.200. The van der Waals surface area contributed by atoms with Gasteiger partial charge in [0.2, 0.25) is 0 Å². The molecule has 0 aromatic carbocycles. The Bertz CT molecular complexity index is 201. The van der Waals surface area contributed by atoms with Gasteiger partial charge in [0.05, 0.1) is 0 Å². The highest BCUT2D eigenvalue weighted by atomic mass is 16.5. The summed E-state index contributed by atoms with van der Waals surface area (Å²) < 4.78 is 7.18. The summed E-state index contributed by atoms with van der Waals surface area (Å²) in [4.78, 5) is 10.5. The van der Waals surface area contributed by atoms with Gasteiger partial charge in [-0.15, -0.1) is 0 Å². The molecule has 1 heterocycles. The van der Waals surface area contributed by atoms with Crippen molar-refractivity contribution in [2.75, 3.05) is 19.7 Å². The lowest BCUT2D eigenvalue weighted by Gasteiger charge is -2.00. The second kappa shape index (κ2) is 4.24. The predicted molar refractivity (Wildman–Crippen MR) is 46.5 cm³/mol. The van der Waals surface area contributed by atoms with Crippen LogP contribution in [0.25, 0.3) is 0 Å². The predicted octanol–water partition coefficient (Wildman–Crippen LogP) is 0.817. The van der Waals surface area contributed by atoms with Gasteiger partial charge in [0, 0.05) is 26.7 Å². The molecule has 0 N–H and O–H groups in total. The Labute approximate surface area is 73.0 Å². The molecule has 0 saturated carbocycles. The fourth-order valence-corrected chi connectivity index (χ4v) is 1.40. The van der Waals surface area contributed by atoms with Crippen molar-refractivity contribution in [1.82, 2.24) is 0 Å². The average Bonchev–Trinajstić information content (AvgIpc) is 2.51. The summed E-state index contributed by atoms with van der Waals surface area (Å²) in [6, 6.07) is 0. The first-order valence-corrected chi connectivity index (χ1v) is 4.41. The maximum absolute atomic E-state index is 10.5. The lowest BCUT2D eigenvalue weighted by molar-refractivity contribution is -0.508. The molecule has 0 aromatic rings. The van der Waals surface area contributed by atoms with Crippen LogP contribution in [-0.4, -0.2) is 36.0 Å². The molecule has 1 aliphatic rings. The van der Waals surface area contributed by atoms with Crippen LogP contribution in [-0.2, 0) is 9.53 Å². The van der Waals surface area contributed by atoms with Gasteiger partial charge in [0.1, 0.15) is 13.1 Å². The van der Waals surface area contributed by atoms with Crippen LogP contribution in [0.2, 0.25) is 0 Å². The second-order valence-corrected chi connectivity index (χ2v) is 3.21. The van der Waals surface area contributed by atoms with E-state index in [1.165, 1.54) is 25.5 Å². The summed E-state index contributed by atoms with van der Waals surface area (Å²) in [5.41, 5.74) is 1.17. The van der Waals surface area contributed by atoms with Crippen LogP contribution in [0.15, 0.2) is 0 Å². The van der Waals surface area contributed by atoms with Crippen LogP contribution in [0.4, 0.5) is 0 Å². The summed E-state index contributed by atoms with van der Waals surface area (Å²) >= 11 is 0. The molecule has 3 heteroatoms. The van der Waals surface area contributed by atoms with E-state index < -0.39 is 0 Å². The van der Waals surface area contributed by atoms with Crippen molar-refractivity contribution in [3.63, 3.8) is 0 Å². The quantitative estimate of drug-likeness (QED) is 0.453. The molecule has 1 saturated heterocycles. The molecule has 0 aliphatic carbocycles. The number of hydrogen-bond acceptors (Lipinski definition) is 2. The topological polar surface area (TPSA) is 29.3 Å². The van der Waals surface area contributed by atoms with E-state index in [0.29, 0.717) is 6.61 Å². The van der Waals surface area contributed by atoms with Crippen LogP contribution in [0.3, 0.4) is 0 Å². The molecule has 0 radical (unpaired) electrons. The maximum atomic E-state index is 10.5. The first-order chi connectivity index (χ1) is 5.70. The Hall–Kier alpha value is -0.860. The number of rotatable bonds is 2. The highest BCUT2D eigenvalue weighted by Crippen LogP contribution is 2.02. The Morgan fingerprint density at radius 2 is 1.92 bits per heavy atom. The van der Waals surface area contributed by atoms with Crippen LogP contribution in [0, 0.1) is 0 Å². The SMILES string of the molecule is CC(=O)OCC(C)=[N+]1CCCC1. The van der Waals surface area contributed by atoms with Gasteiger partial charge in [-0.25, -0.2) is 4.58 Å². The molecular formula is C9H16NO2+. The Balaban J connectivity index is 2.39. The van der Waals surface area contributed by atoms with Gasteiger partial charge in [-0.05, 0) is 0 Å². The maximum Gasteiger partial charge on any atom is 0.303 e. The van der Waals surface area contributed by atoms with E-state index in [2.05, 4.69) is 4.58 Å². The van der Waals surface area contributed by atoms with Gasteiger partial charge in [-0.2, -0.15) is 0 Å². The molecule has 3 nitrogen and oxygen atoms in total. The lowest BCUT2D eigenvalue weighted by atomic mass is 10.4. The van der Waals surface area contributed by atoms with Gasteiger partial charge < -0.3 is 4.74 Å². The van der Waals surface area contributed by atoms with E-state index in [1.807, 2.05) is 6.92 Å². The summed E-state index contributed by atoms with van der Waals surface area (Å²) in [5, 5.41) is 0. The fraction of sp³-hybridized carbons (Fsp3) is 0.778. The van der Waals surface area contributed by atoms with Crippen molar-refractivity contribution in [2.45, 2.75) is 26.7 Å². The third-order valence-corrected chi connectivity index (χ3v) is 2.13. The van der Waals surface area contributed by atoms with Crippen LogP contribution in [0.5, 0.6) is 0 Å². The number of carbonyl (C=O) groups is 1. The highest BCUT2D eigenvalue weighted by molar-refractivity contribution is 5.80. The van der Waals surface area contributed by atoms with E-state index in [-0.39, 0.29) is 5.97 Å².